The third-order valence-electron chi connectivity index (χ3n) is 2.25. The Kier molecular flexibility index (Phi) is 5.65. The topological polar surface area (TPSA) is 36.4 Å². The van der Waals surface area contributed by atoms with E-state index < -0.39 is 0 Å². The van der Waals surface area contributed by atoms with Crippen molar-refractivity contribution in [3.8, 4) is 0 Å². The monoisotopic (exact) mass is 272 g/mol. The van der Waals surface area contributed by atoms with Crippen LogP contribution in [0.3, 0.4) is 0 Å². The average molecular weight is 273 g/mol. The summed E-state index contributed by atoms with van der Waals surface area (Å²) in [6.45, 7) is 1.26. The highest BCUT2D eigenvalue weighted by molar-refractivity contribution is 9.10. The Morgan fingerprint density at radius 2 is 2.20 bits per heavy atom. The Morgan fingerprint density at radius 1 is 1.40 bits per heavy atom. The summed E-state index contributed by atoms with van der Waals surface area (Å²) >= 11 is 3.48. The first-order valence-electron chi connectivity index (χ1n) is 5.18. The predicted octanol–water partition coefficient (Wildman–Crippen LogP) is 2.44. The van der Waals surface area contributed by atoms with Crippen LogP contribution < -0.4 is 4.90 Å². The minimum atomic E-state index is 0.289. The molecule has 1 heterocycles. The summed E-state index contributed by atoms with van der Waals surface area (Å²) in [5, 5.41) is 8.66. The van der Waals surface area contributed by atoms with Gasteiger partial charge in [-0.1, -0.05) is 0 Å². The van der Waals surface area contributed by atoms with Gasteiger partial charge in [0.2, 0.25) is 0 Å². The molecule has 1 aromatic heterocycles. The molecule has 0 unspecified atom stereocenters. The van der Waals surface area contributed by atoms with Crippen LogP contribution in [0.4, 0.5) is 5.82 Å². The van der Waals surface area contributed by atoms with Crippen molar-refractivity contribution in [2.24, 2.45) is 0 Å². The summed E-state index contributed by atoms with van der Waals surface area (Å²) in [6.07, 6.45) is 4.83. The minimum Gasteiger partial charge on any atom is -0.396 e. The van der Waals surface area contributed by atoms with Gasteiger partial charge in [0.1, 0.15) is 5.82 Å². The van der Waals surface area contributed by atoms with E-state index >= 15 is 0 Å². The van der Waals surface area contributed by atoms with Gasteiger partial charge < -0.3 is 10.0 Å². The number of unbranched alkanes of at least 4 members (excludes halogenated alkanes) is 2. The lowest BCUT2D eigenvalue weighted by atomic mass is 10.2. The number of pyridine rings is 1. The summed E-state index contributed by atoms with van der Waals surface area (Å²) < 4.78 is 1.02. The summed E-state index contributed by atoms with van der Waals surface area (Å²) in [4.78, 5) is 6.43. The Balaban J connectivity index is 2.40. The highest BCUT2D eigenvalue weighted by Gasteiger charge is 2.05. The van der Waals surface area contributed by atoms with Gasteiger partial charge >= 0.3 is 0 Å². The first kappa shape index (κ1) is 12.5. The van der Waals surface area contributed by atoms with E-state index in [2.05, 4.69) is 25.8 Å². The van der Waals surface area contributed by atoms with Gasteiger partial charge in [-0.15, -0.1) is 0 Å². The second-order valence-electron chi connectivity index (χ2n) is 3.51. The molecule has 0 fully saturated rings. The van der Waals surface area contributed by atoms with Crippen molar-refractivity contribution in [3.05, 3.63) is 22.8 Å². The van der Waals surface area contributed by atoms with Crippen LogP contribution in [0.2, 0.25) is 0 Å². The molecule has 1 N–H and O–H groups in total. The highest BCUT2D eigenvalue weighted by atomic mass is 79.9. The number of halogens is 1. The fourth-order valence-electron chi connectivity index (χ4n) is 1.40. The summed E-state index contributed by atoms with van der Waals surface area (Å²) in [6, 6.07) is 3.90. The van der Waals surface area contributed by atoms with E-state index in [1.807, 2.05) is 19.2 Å². The molecule has 0 aliphatic rings. The van der Waals surface area contributed by atoms with Crippen LogP contribution >= 0.6 is 15.9 Å². The van der Waals surface area contributed by atoms with Crippen molar-refractivity contribution in [2.45, 2.75) is 19.3 Å². The molecule has 0 aromatic carbocycles. The molecule has 1 aromatic rings. The third-order valence-corrected chi connectivity index (χ3v) is 2.87. The van der Waals surface area contributed by atoms with E-state index in [-0.39, 0.29) is 6.61 Å². The lowest BCUT2D eigenvalue weighted by Gasteiger charge is -2.18. The maximum Gasteiger partial charge on any atom is 0.142 e. The van der Waals surface area contributed by atoms with Crippen molar-refractivity contribution in [2.75, 3.05) is 25.1 Å². The van der Waals surface area contributed by atoms with Gasteiger partial charge in [-0.05, 0) is 47.3 Å². The minimum absolute atomic E-state index is 0.289. The number of aliphatic hydroxyl groups excluding tert-OH is 1. The lowest BCUT2D eigenvalue weighted by Crippen LogP contribution is -2.20. The van der Waals surface area contributed by atoms with E-state index in [1.165, 1.54) is 0 Å². The second-order valence-corrected chi connectivity index (χ2v) is 4.37. The molecule has 3 nitrogen and oxygen atoms in total. The fraction of sp³-hybridized carbons (Fsp3) is 0.545. The number of rotatable bonds is 6. The Labute approximate surface area is 99.3 Å². The van der Waals surface area contributed by atoms with Gasteiger partial charge in [0.25, 0.3) is 0 Å². The maximum absolute atomic E-state index is 8.66. The molecule has 0 radical (unpaired) electrons. The number of nitrogens with zero attached hydrogens (tertiary/aromatic N) is 2. The van der Waals surface area contributed by atoms with Crippen molar-refractivity contribution in [1.29, 1.82) is 0 Å². The molecule has 0 amide bonds. The van der Waals surface area contributed by atoms with Crippen LogP contribution in [-0.2, 0) is 0 Å². The normalized spacial score (nSPS) is 10.3. The highest BCUT2D eigenvalue weighted by Crippen LogP contribution is 2.21. The Morgan fingerprint density at radius 3 is 2.87 bits per heavy atom. The van der Waals surface area contributed by atoms with E-state index in [0.717, 1.165) is 36.1 Å². The number of hydrogen-bond acceptors (Lipinski definition) is 3. The number of anilines is 1. The van der Waals surface area contributed by atoms with E-state index in [4.69, 9.17) is 5.11 Å². The van der Waals surface area contributed by atoms with Gasteiger partial charge in [-0.2, -0.15) is 0 Å². The molecule has 1 rings (SSSR count). The lowest BCUT2D eigenvalue weighted by molar-refractivity contribution is 0.283. The van der Waals surface area contributed by atoms with E-state index in [0.29, 0.717) is 0 Å². The molecule has 84 valence electrons. The quantitative estimate of drug-likeness (QED) is 0.809. The molecule has 0 saturated heterocycles. The molecule has 0 aliphatic carbocycles. The molecule has 0 bridgehead atoms. The fourth-order valence-corrected chi connectivity index (χ4v) is 1.96. The summed E-state index contributed by atoms with van der Waals surface area (Å²) in [5.74, 6) is 0.974. The summed E-state index contributed by atoms with van der Waals surface area (Å²) in [5.41, 5.74) is 0. The molecular weight excluding hydrogens is 256 g/mol. The van der Waals surface area contributed by atoms with Crippen molar-refractivity contribution < 1.29 is 5.11 Å². The molecular formula is C11H17BrN2O. The molecule has 0 atom stereocenters. The first-order chi connectivity index (χ1) is 7.25. The van der Waals surface area contributed by atoms with Gasteiger partial charge in [0, 0.05) is 26.4 Å². The third kappa shape index (κ3) is 4.18. The van der Waals surface area contributed by atoms with Crippen LogP contribution in [0.1, 0.15) is 19.3 Å². The van der Waals surface area contributed by atoms with E-state index in [1.54, 1.807) is 6.20 Å². The van der Waals surface area contributed by atoms with Crippen LogP contribution in [0.15, 0.2) is 22.8 Å². The molecule has 0 spiro atoms. The Bertz CT molecular complexity index is 294. The zero-order valence-electron chi connectivity index (χ0n) is 8.99. The number of aromatic nitrogens is 1. The van der Waals surface area contributed by atoms with Gasteiger partial charge in [0.15, 0.2) is 0 Å². The SMILES string of the molecule is CN(CCCCCO)c1ncccc1Br. The first-order valence-corrected chi connectivity index (χ1v) is 5.97. The zero-order valence-corrected chi connectivity index (χ0v) is 10.6. The average Bonchev–Trinajstić information content (AvgIpc) is 2.25. The molecule has 15 heavy (non-hydrogen) atoms. The standard InChI is InChI=1S/C11H17BrN2O/c1-14(8-3-2-4-9-15)11-10(12)6-5-7-13-11/h5-7,15H,2-4,8-9H2,1H3. The molecule has 0 aliphatic heterocycles. The Hall–Kier alpha value is -0.610. The van der Waals surface area contributed by atoms with E-state index in [9.17, 15) is 0 Å². The van der Waals surface area contributed by atoms with Crippen LogP contribution in [0.5, 0.6) is 0 Å². The van der Waals surface area contributed by atoms with Crippen LogP contribution in [-0.4, -0.2) is 30.3 Å². The smallest absolute Gasteiger partial charge is 0.142 e. The predicted molar refractivity (Wildman–Crippen MR) is 66.1 cm³/mol. The van der Waals surface area contributed by atoms with Gasteiger partial charge in [-0.3, -0.25) is 0 Å². The number of hydrogen-bond donors (Lipinski definition) is 1. The number of aliphatic hydroxyl groups is 1. The molecule has 0 saturated carbocycles. The second kappa shape index (κ2) is 6.80. The van der Waals surface area contributed by atoms with Crippen molar-refractivity contribution in [1.82, 2.24) is 4.98 Å². The zero-order chi connectivity index (χ0) is 11.1. The van der Waals surface area contributed by atoms with Crippen LogP contribution in [0.25, 0.3) is 0 Å². The van der Waals surface area contributed by atoms with Gasteiger partial charge in [-0.25, -0.2) is 4.98 Å². The summed E-state index contributed by atoms with van der Waals surface area (Å²) in [7, 11) is 2.03. The van der Waals surface area contributed by atoms with Crippen molar-refractivity contribution in [3.63, 3.8) is 0 Å². The van der Waals surface area contributed by atoms with Crippen LogP contribution in [0, 0.1) is 0 Å². The molecule has 4 heteroatoms. The van der Waals surface area contributed by atoms with Crippen molar-refractivity contribution >= 4 is 21.7 Å². The maximum atomic E-state index is 8.66. The van der Waals surface area contributed by atoms with Gasteiger partial charge in [0.05, 0.1) is 4.47 Å². The largest absolute Gasteiger partial charge is 0.396 e.